The highest BCUT2D eigenvalue weighted by Crippen LogP contribution is 2.47. The number of fused-ring (bicyclic) bond motifs is 5. The topological polar surface area (TPSA) is 0 Å². The van der Waals surface area contributed by atoms with Gasteiger partial charge in [0.2, 0.25) is 0 Å². The summed E-state index contributed by atoms with van der Waals surface area (Å²) in [6.07, 6.45) is 19.7. The quantitative estimate of drug-likeness (QED) is 0.659. The van der Waals surface area contributed by atoms with Crippen molar-refractivity contribution in [3.63, 3.8) is 0 Å². The molecule has 0 spiro atoms. The van der Waals surface area contributed by atoms with E-state index in [1.165, 1.54) is 27.8 Å². The normalized spacial score (nSPS) is 25.2. The molecule has 0 N–H and O–H groups in total. The molecule has 0 nitrogen and oxygen atoms in total. The van der Waals surface area contributed by atoms with E-state index in [9.17, 15) is 0 Å². The van der Waals surface area contributed by atoms with Crippen molar-refractivity contribution in [3.05, 3.63) is 101 Å². The molecule has 96 valence electrons. The number of hydrogen-bond acceptors (Lipinski definition) is 0. The van der Waals surface area contributed by atoms with E-state index in [1.54, 1.807) is 0 Å². The lowest BCUT2D eigenvalue weighted by Crippen LogP contribution is -2.18. The van der Waals surface area contributed by atoms with E-state index < -0.39 is 0 Å². The molecule has 0 radical (unpaired) electrons. The third-order valence-corrected chi connectivity index (χ3v) is 4.40. The van der Waals surface area contributed by atoms with E-state index in [0.717, 1.165) is 0 Å². The zero-order valence-corrected chi connectivity index (χ0v) is 11.3. The summed E-state index contributed by atoms with van der Waals surface area (Å²) in [7, 11) is 0. The summed E-state index contributed by atoms with van der Waals surface area (Å²) in [5.41, 5.74) is 6.93. The van der Waals surface area contributed by atoms with Crippen molar-refractivity contribution in [3.8, 4) is 0 Å². The Balaban J connectivity index is 2.00. The van der Waals surface area contributed by atoms with Gasteiger partial charge in [0.1, 0.15) is 0 Å². The van der Waals surface area contributed by atoms with Gasteiger partial charge < -0.3 is 0 Å². The smallest absolute Gasteiger partial charge is 0.0278 e. The summed E-state index contributed by atoms with van der Waals surface area (Å²) in [5.74, 6) is 0.786. The largest absolute Gasteiger partial charge is 0.0985 e. The number of allylic oxidation sites excluding steroid dienone is 10. The van der Waals surface area contributed by atoms with E-state index in [2.05, 4.69) is 73.4 Å². The van der Waals surface area contributed by atoms with Crippen molar-refractivity contribution in [1.82, 2.24) is 0 Å². The lowest BCUT2D eigenvalue weighted by molar-refractivity contribution is 0.852. The van der Waals surface area contributed by atoms with Crippen LogP contribution in [0.15, 0.2) is 84.5 Å². The number of hydrogen-bond donors (Lipinski definition) is 0. The Morgan fingerprint density at radius 1 is 0.800 bits per heavy atom. The minimum absolute atomic E-state index is 0.386. The molecule has 20 heavy (non-hydrogen) atoms. The fourth-order valence-corrected chi connectivity index (χ4v) is 3.45. The Hall–Kier alpha value is -2.34. The Bertz CT molecular complexity index is 735. The van der Waals surface area contributed by atoms with Crippen LogP contribution in [0.2, 0.25) is 0 Å². The van der Waals surface area contributed by atoms with Gasteiger partial charge in [-0.15, -0.1) is 0 Å². The first-order chi connectivity index (χ1) is 9.88. The van der Waals surface area contributed by atoms with Gasteiger partial charge in [-0.05, 0) is 27.8 Å². The van der Waals surface area contributed by atoms with Crippen molar-refractivity contribution >= 4 is 6.08 Å². The minimum Gasteiger partial charge on any atom is -0.0985 e. The molecule has 0 amide bonds. The van der Waals surface area contributed by atoms with Crippen LogP contribution in [0.3, 0.4) is 0 Å². The van der Waals surface area contributed by atoms with Gasteiger partial charge in [0.15, 0.2) is 0 Å². The average Bonchev–Trinajstić information content (AvgIpc) is 2.54. The van der Waals surface area contributed by atoms with Gasteiger partial charge in [-0.2, -0.15) is 0 Å². The maximum atomic E-state index is 3.90. The van der Waals surface area contributed by atoms with Crippen LogP contribution in [0.1, 0.15) is 28.5 Å². The standard InChI is InChI=1S/C20H16/c1-2-14-11-12-19-17-9-4-3-7-15(17)16-8-5-6-10-18(16)20(19)13-14/h2-13,17-18H,1H2. The van der Waals surface area contributed by atoms with Crippen LogP contribution in [0.25, 0.3) is 6.08 Å². The van der Waals surface area contributed by atoms with Crippen molar-refractivity contribution in [2.24, 2.45) is 0 Å². The first-order valence-electron chi connectivity index (χ1n) is 7.08. The SMILES string of the molecule is C=Cc1ccc2c(c1)C1C=CC=CC1=C1C=CC=CC12. The number of benzene rings is 1. The van der Waals surface area contributed by atoms with E-state index in [-0.39, 0.29) is 0 Å². The molecule has 2 atom stereocenters. The molecule has 0 heterocycles. The molecule has 0 bridgehead atoms. The molecule has 2 unspecified atom stereocenters. The second kappa shape index (κ2) is 4.35. The monoisotopic (exact) mass is 256 g/mol. The second-order valence-corrected chi connectivity index (χ2v) is 5.45. The van der Waals surface area contributed by atoms with Crippen LogP contribution in [-0.4, -0.2) is 0 Å². The maximum Gasteiger partial charge on any atom is 0.0278 e. The molecule has 0 saturated heterocycles. The Morgan fingerprint density at radius 3 is 2.10 bits per heavy atom. The van der Waals surface area contributed by atoms with Gasteiger partial charge in [-0.3, -0.25) is 0 Å². The molecule has 4 rings (SSSR count). The summed E-state index contributed by atoms with van der Waals surface area (Å²) < 4.78 is 0. The summed E-state index contributed by atoms with van der Waals surface area (Å²) in [6, 6.07) is 6.73. The summed E-state index contributed by atoms with van der Waals surface area (Å²) in [6.45, 7) is 3.90. The van der Waals surface area contributed by atoms with Crippen molar-refractivity contribution < 1.29 is 0 Å². The number of rotatable bonds is 1. The first-order valence-corrected chi connectivity index (χ1v) is 7.08. The molecule has 0 saturated carbocycles. The van der Waals surface area contributed by atoms with Gasteiger partial charge in [0, 0.05) is 11.8 Å². The predicted molar refractivity (Wildman–Crippen MR) is 85.6 cm³/mol. The van der Waals surface area contributed by atoms with Crippen molar-refractivity contribution in [1.29, 1.82) is 0 Å². The van der Waals surface area contributed by atoms with Crippen LogP contribution in [0.4, 0.5) is 0 Å². The Labute approximate surface area is 119 Å². The fraction of sp³-hybridized carbons (Fsp3) is 0.100. The summed E-state index contributed by atoms with van der Waals surface area (Å²) in [5, 5.41) is 0. The second-order valence-electron chi connectivity index (χ2n) is 5.45. The molecular weight excluding hydrogens is 240 g/mol. The van der Waals surface area contributed by atoms with Crippen LogP contribution < -0.4 is 0 Å². The molecule has 3 aliphatic rings. The van der Waals surface area contributed by atoms with Gasteiger partial charge >= 0.3 is 0 Å². The Morgan fingerprint density at radius 2 is 1.45 bits per heavy atom. The highest BCUT2D eigenvalue weighted by atomic mass is 14.3. The third kappa shape index (κ3) is 1.55. The van der Waals surface area contributed by atoms with Gasteiger partial charge in [-0.25, -0.2) is 0 Å². The highest BCUT2D eigenvalue weighted by Gasteiger charge is 2.31. The Kier molecular flexibility index (Phi) is 2.50. The molecule has 1 aromatic carbocycles. The minimum atomic E-state index is 0.386. The molecular formula is C20H16. The molecule has 0 heteroatoms. The van der Waals surface area contributed by atoms with Crippen LogP contribution in [0, 0.1) is 0 Å². The molecule has 0 aromatic heterocycles. The van der Waals surface area contributed by atoms with Gasteiger partial charge in [-0.1, -0.05) is 79.5 Å². The van der Waals surface area contributed by atoms with Crippen LogP contribution in [-0.2, 0) is 0 Å². The lowest BCUT2D eigenvalue weighted by atomic mass is 9.70. The lowest BCUT2D eigenvalue weighted by Gasteiger charge is -2.34. The van der Waals surface area contributed by atoms with Crippen molar-refractivity contribution in [2.75, 3.05) is 0 Å². The van der Waals surface area contributed by atoms with Gasteiger partial charge in [0.05, 0.1) is 0 Å². The van der Waals surface area contributed by atoms with Gasteiger partial charge in [0.25, 0.3) is 0 Å². The predicted octanol–water partition coefficient (Wildman–Crippen LogP) is 5.06. The maximum absolute atomic E-state index is 3.90. The zero-order valence-electron chi connectivity index (χ0n) is 11.3. The third-order valence-electron chi connectivity index (χ3n) is 4.40. The zero-order chi connectivity index (χ0) is 13.5. The van der Waals surface area contributed by atoms with E-state index in [4.69, 9.17) is 0 Å². The summed E-state index contributed by atoms with van der Waals surface area (Å²) >= 11 is 0. The molecule has 1 aromatic rings. The highest BCUT2D eigenvalue weighted by molar-refractivity contribution is 5.64. The molecule has 3 aliphatic carbocycles. The van der Waals surface area contributed by atoms with Crippen LogP contribution in [0.5, 0.6) is 0 Å². The van der Waals surface area contributed by atoms with E-state index in [1.807, 2.05) is 6.08 Å². The average molecular weight is 256 g/mol. The summed E-state index contributed by atoms with van der Waals surface area (Å²) in [4.78, 5) is 0. The van der Waals surface area contributed by atoms with Crippen LogP contribution >= 0.6 is 0 Å². The van der Waals surface area contributed by atoms with Crippen molar-refractivity contribution in [2.45, 2.75) is 11.8 Å². The van der Waals surface area contributed by atoms with E-state index in [0.29, 0.717) is 11.8 Å². The molecule has 0 aliphatic heterocycles. The van der Waals surface area contributed by atoms with E-state index >= 15 is 0 Å². The molecule has 0 fully saturated rings. The fourth-order valence-electron chi connectivity index (χ4n) is 3.45. The first kappa shape index (κ1) is 11.5.